The molecule has 0 aliphatic carbocycles. The number of morpholine rings is 1. The van der Waals surface area contributed by atoms with Gasteiger partial charge in [-0.15, -0.1) is 0 Å². The van der Waals surface area contributed by atoms with Crippen LogP contribution in [0, 0.1) is 27.2 Å². The van der Waals surface area contributed by atoms with E-state index in [1.165, 1.54) is 30.3 Å². The minimum absolute atomic E-state index is 0.0336. The third-order valence-corrected chi connectivity index (χ3v) is 4.82. The van der Waals surface area contributed by atoms with Crippen molar-refractivity contribution in [3.05, 3.63) is 67.8 Å². The Morgan fingerprint density at radius 3 is 2.39 bits per heavy atom. The number of nitro groups is 2. The van der Waals surface area contributed by atoms with Crippen molar-refractivity contribution in [3.63, 3.8) is 0 Å². The summed E-state index contributed by atoms with van der Waals surface area (Å²) in [5, 5.41) is 27.6. The third kappa shape index (κ3) is 5.29. The zero-order chi connectivity index (χ0) is 22.5. The number of benzene rings is 2. The molecule has 0 atom stereocenters. The van der Waals surface area contributed by atoms with E-state index in [1.807, 2.05) is 4.90 Å². The Kier molecular flexibility index (Phi) is 6.72. The van der Waals surface area contributed by atoms with E-state index in [1.54, 1.807) is 13.0 Å². The van der Waals surface area contributed by atoms with Gasteiger partial charge in [0.05, 0.1) is 23.1 Å². The Balaban J connectivity index is 1.76. The quantitative estimate of drug-likeness (QED) is 0.404. The number of thiocarbonyl (C=S) groups is 1. The average Bonchev–Trinajstić information content (AvgIpc) is 2.74. The van der Waals surface area contributed by atoms with Crippen molar-refractivity contribution in [1.29, 1.82) is 0 Å². The molecule has 1 saturated heterocycles. The lowest BCUT2D eigenvalue weighted by atomic mass is 10.1. The topological polar surface area (TPSA) is 140 Å². The summed E-state index contributed by atoms with van der Waals surface area (Å²) in [6.45, 7) is 3.66. The van der Waals surface area contributed by atoms with Crippen LogP contribution in [0.15, 0.2) is 36.4 Å². The summed E-state index contributed by atoms with van der Waals surface area (Å²) < 4.78 is 5.27. The van der Waals surface area contributed by atoms with E-state index in [2.05, 4.69) is 10.6 Å². The van der Waals surface area contributed by atoms with Crippen LogP contribution >= 0.6 is 12.2 Å². The van der Waals surface area contributed by atoms with Crippen molar-refractivity contribution in [1.82, 2.24) is 5.32 Å². The molecule has 31 heavy (non-hydrogen) atoms. The summed E-state index contributed by atoms with van der Waals surface area (Å²) in [6, 6.07) is 8.67. The maximum absolute atomic E-state index is 12.6. The van der Waals surface area contributed by atoms with Crippen molar-refractivity contribution in [2.75, 3.05) is 36.5 Å². The second-order valence-corrected chi connectivity index (χ2v) is 7.15. The standard InChI is InChI=1S/C19H19N5O6S/c1-12-2-4-14(16(10-12)23(26)27)20-19(31)21-18(25)13-3-5-15(17(11-13)24(28)29)22-6-8-30-9-7-22/h2-5,10-11H,6-9H2,1H3,(H2,20,21,25,31). The first-order valence-electron chi connectivity index (χ1n) is 9.25. The minimum atomic E-state index is -0.677. The molecular formula is C19H19N5O6S. The molecule has 3 rings (SSSR count). The molecule has 1 aliphatic rings. The van der Waals surface area contributed by atoms with Crippen molar-refractivity contribution >= 4 is 46.0 Å². The summed E-state index contributed by atoms with van der Waals surface area (Å²) in [4.78, 5) is 36.0. The third-order valence-electron chi connectivity index (χ3n) is 4.61. The van der Waals surface area contributed by atoms with Crippen LogP contribution in [-0.2, 0) is 4.74 Å². The molecule has 0 aromatic heterocycles. The van der Waals surface area contributed by atoms with E-state index in [4.69, 9.17) is 17.0 Å². The number of hydrogen-bond donors (Lipinski definition) is 2. The predicted octanol–water partition coefficient (Wildman–Crippen LogP) is 2.77. The lowest BCUT2D eigenvalue weighted by Gasteiger charge is -2.28. The molecule has 1 fully saturated rings. The van der Waals surface area contributed by atoms with Gasteiger partial charge in [0.2, 0.25) is 0 Å². The summed E-state index contributed by atoms with van der Waals surface area (Å²) in [7, 11) is 0. The first-order valence-corrected chi connectivity index (χ1v) is 9.65. The number of aryl methyl sites for hydroxylation is 1. The van der Waals surface area contributed by atoms with Gasteiger partial charge in [0.15, 0.2) is 5.11 Å². The molecule has 1 heterocycles. The van der Waals surface area contributed by atoms with E-state index in [0.29, 0.717) is 37.6 Å². The maximum atomic E-state index is 12.6. The van der Waals surface area contributed by atoms with Crippen LogP contribution in [-0.4, -0.2) is 47.2 Å². The number of nitrogens with zero attached hydrogens (tertiary/aromatic N) is 3. The van der Waals surface area contributed by atoms with Crippen molar-refractivity contribution in [3.8, 4) is 0 Å². The Hall–Kier alpha value is -3.64. The lowest BCUT2D eigenvalue weighted by molar-refractivity contribution is -0.384. The van der Waals surface area contributed by atoms with Gasteiger partial charge in [-0.1, -0.05) is 6.07 Å². The molecule has 0 unspecified atom stereocenters. The molecule has 0 saturated carbocycles. The van der Waals surface area contributed by atoms with Gasteiger partial charge in [0, 0.05) is 30.8 Å². The van der Waals surface area contributed by atoms with Crippen molar-refractivity contribution in [2.45, 2.75) is 6.92 Å². The molecule has 1 aliphatic heterocycles. The number of anilines is 2. The number of carbonyl (C=O) groups excluding carboxylic acids is 1. The molecule has 2 N–H and O–H groups in total. The maximum Gasteiger partial charge on any atom is 0.293 e. The first kappa shape index (κ1) is 22.1. The number of amides is 1. The summed E-state index contributed by atoms with van der Waals surface area (Å²) in [5.41, 5.74) is 0.853. The monoisotopic (exact) mass is 445 g/mol. The molecule has 2 aromatic carbocycles. The number of ether oxygens (including phenoxy) is 1. The normalized spacial score (nSPS) is 13.4. The fourth-order valence-electron chi connectivity index (χ4n) is 3.11. The highest BCUT2D eigenvalue weighted by Gasteiger charge is 2.24. The number of nitrogens with one attached hydrogen (secondary N) is 2. The van der Waals surface area contributed by atoms with Crippen LogP contribution < -0.4 is 15.5 Å². The van der Waals surface area contributed by atoms with Crippen molar-refractivity contribution < 1.29 is 19.4 Å². The van der Waals surface area contributed by atoms with Crippen LogP contribution in [0.3, 0.4) is 0 Å². The second kappa shape index (κ2) is 9.45. The Morgan fingerprint density at radius 1 is 1.06 bits per heavy atom. The molecule has 11 nitrogen and oxygen atoms in total. The molecular weight excluding hydrogens is 426 g/mol. The van der Waals surface area contributed by atoms with E-state index in [9.17, 15) is 25.0 Å². The van der Waals surface area contributed by atoms with Crippen LogP contribution in [0.2, 0.25) is 0 Å². The number of hydrogen-bond acceptors (Lipinski definition) is 8. The van der Waals surface area contributed by atoms with Gasteiger partial charge in [0.25, 0.3) is 17.3 Å². The molecule has 12 heteroatoms. The largest absolute Gasteiger partial charge is 0.378 e. The first-order chi connectivity index (χ1) is 14.8. The highest BCUT2D eigenvalue weighted by molar-refractivity contribution is 7.80. The van der Waals surface area contributed by atoms with Gasteiger partial charge >= 0.3 is 0 Å². The zero-order valence-electron chi connectivity index (χ0n) is 16.5. The van der Waals surface area contributed by atoms with Crippen LogP contribution in [0.4, 0.5) is 22.7 Å². The molecule has 0 radical (unpaired) electrons. The Morgan fingerprint density at radius 2 is 1.74 bits per heavy atom. The fraction of sp³-hybridized carbons (Fsp3) is 0.263. The predicted molar refractivity (Wildman–Crippen MR) is 118 cm³/mol. The van der Waals surface area contributed by atoms with Crippen molar-refractivity contribution in [2.24, 2.45) is 0 Å². The Labute approximate surface area is 182 Å². The Bertz CT molecular complexity index is 1050. The highest BCUT2D eigenvalue weighted by Crippen LogP contribution is 2.30. The minimum Gasteiger partial charge on any atom is -0.378 e. The number of nitro benzene ring substituents is 2. The number of rotatable bonds is 5. The van der Waals surface area contributed by atoms with E-state index in [-0.39, 0.29) is 27.7 Å². The smallest absolute Gasteiger partial charge is 0.293 e. The zero-order valence-corrected chi connectivity index (χ0v) is 17.3. The lowest BCUT2D eigenvalue weighted by Crippen LogP contribution is -2.37. The van der Waals surface area contributed by atoms with Gasteiger partial charge in [-0.3, -0.25) is 30.3 Å². The molecule has 2 aromatic rings. The molecule has 0 bridgehead atoms. The molecule has 162 valence electrons. The highest BCUT2D eigenvalue weighted by atomic mass is 32.1. The molecule has 1 amide bonds. The van der Waals surface area contributed by atoms with Gasteiger partial charge < -0.3 is 15.0 Å². The molecule has 0 spiro atoms. The second-order valence-electron chi connectivity index (χ2n) is 6.75. The fourth-order valence-corrected chi connectivity index (χ4v) is 3.31. The van der Waals surface area contributed by atoms with E-state index >= 15 is 0 Å². The van der Waals surface area contributed by atoms with Crippen LogP contribution in [0.25, 0.3) is 0 Å². The summed E-state index contributed by atoms with van der Waals surface area (Å²) in [5.74, 6) is -0.677. The SMILES string of the molecule is Cc1ccc(NC(=S)NC(=O)c2ccc(N3CCOCC3)c([N+](=O)[O-])c2)c([N+](=O)[O-])c1. The van der Waals surface area contributed by atoms with E-state index < -0.39 is 15.8 Å². The van der Waals surface area contributed by atoms with Crippen LogP contribution in [0.1, 0.15) is 15.9 Å². The summed E-state index contributed by atoms with van der Waals surface area (Å²) in [6.07, 6.45) is 0. The van der Waals surface area contributed by atoms with Gasteiger partial charge in [-0.05, 0) is 42.9 Å². The van der Waals surface area contributed by atoms with Gasteiger partial charge in [0.1, 0.15) is 11.4 Å². The van der Waals surface area contributed by atoms with Gasteiger partial charge in [-0.25, -0.2) is 0 Å². The number of carbonyl (C=O) groups is 1. The van der Waals surface area contributed by atoms with Crippen LogP contribution in [0.5, 0.6) is 0 Å². The van der Waals surface area contributed by atoms with E-state index in [0.717, 1.165) is 0 Å². The summed E-state index contributed by atoms with van der Waals surface area (Å²) >= 11 is 5.08. The van der Waals surface area contributed by atoms with Gasteiger partial charge in [-0.2, -0.15) is 0 Å². The average molecular weight is 445 g/mol.